The molecule has 0 unspecified atom stereocenters. The Kier molecular flexibility index (Phi) is 2.46. The number of carbonyl (C=O) groups is 1. The minimum Gasteiger partial charge on any atom is -0.467 e. The number of aromatic nitrogens is 3. The van der Waals surface area contributed by atoms with Crippen molar-refractivity contribution in [3.05, 3.63) is 36.3 Å². The Morgan fingerprint density at radius 1 is 1.67 bits per heavy atom. The van der Waals surface area contributed by atoms with Crippen LogP contribution in [0.25, 0.3) is 0 Å². The van der Waals surface area contributed by atoms with Crippen molar-refractivity contribution in [2.75, 3.05) is 0 Å². The average molecular weight is 207 g/mol. The molecule has 2 aromatic heterocycles. The zero-order valence-corrected chi connectivity index (χ0v) is 7.75. The van der Waals surface area contributed by atoms with Crippen LogP contribution in [0.2, 0.25) is 0 Å². The lowest BCUT2D eigenvalue weighted by molar-refractivity contribution is 0.0951. The number of hydrogen-bond donors (Lipinski definition) is 2. The highest BCUT2D eigenvalue weighted by molar-refractivity contribution is 5.94. The monoisotopic (exact) mass is 207 g/mol. The molecule has 0 fully saturated rings. The molecule has 0 radical (unpaired) electrons. The molecule has 78 valence electrons. The van der Waals surface area contributed by atoms with Crippen LogP contribution < -0.4 is 11.3 Å². The van der Waals surface area contributed by atoms with Gasteiger partial charge in [-0.15, -0.1) is 0 Å². The van der Waals surface area contributed by atoms with Crippen LogP contribution in [0.4, 0.5) is 0 Å². The standard InChI is InChI=1S/C8H9N5O2/c9-12-8(14)6-1-2-15-7(6)3-13-5-10-4-11-13/h1-2,4-5H,3,9H2,(H,12,14). The number of nitrogen functional groups attached to an aromatic ring is 1. The summed E-state index contributed by atoms with van der Waals surface area (Å²) in [5.74, 6) is 5.13. The van der Waals surface area contributed by atoms with Gasteiger partial charge in [0.05, 0.1) is 11.8 Å². The zero-order valence-electron chi connectivity index (χ0n) is 7.75. The summed E-state index contributed by atoms with van der Waals surface area (Å²) in [5.41, 5.74) is 2.44. The summed E-state index contributed by atoms with van der Waals surface area (Å²) < 4.78 is 6.70. The van der Waals surface area contributed by atoms with Crippen LogP contribution in [0.3, 0.4) is 0 Å². The van der Waals surface area contributed by atoms with Gasteiger partial charge in [-0.3, -0.25) is 10.2 Å². The fourth-order valence-corrected chi connectivity index (χ4v) is 1.20. The third-order valence-corrected chi connectivity index (χ3v) is 1.89. The highest BCUT2D eigenvalue weighted by Gasteiger charge is 2.13. The van der Waals surface area contributed by atoms with E-state index in [2.05, 4.69) is 10.1 Å². The largest absolute Gasteiger partial charge is 0.467 e. The predicted molar refractivity (Wildman–Crippen MR) is 49.5 cm³/mol. The topological polar surface area (TPSA) is 99.0 Å². The second-order valence-electron chi connectivity index (χ2n) is 2.82. The lowest BCUT2D eigenvalue weighted by atomic mass is 10.2. The molecular formula is C8H9N5O2. The molecule has 0 aliphatic heterocycles. The molecule has 3 N–H and O–H groups in total. The predicted octanol–water partition coefficient (Wildman–Crippen LogP) is -0.477. The van der Waals surface area contributed by atoms with E-state index in [0.717, 1.165) is 0 Å². The van der Waals surface area contributed by atoms with E-state index in [9.17, 15) is 4.79 Å². The molecule has 15 heavy (non-hydrogen) atoms. The van der Waals surface area contributed by atoms with E-state index in [1.54, 1.807) is 10.7 Å². The molecule has 1 amide bonds. The van der Waals surface area contributed by atoms with Gasteiger partial charge >= 0.3 is 0 Å². The van der Waals surface area contributed by atoms with Gasteiger partial charge in [0.15, 0.2) is 0 Å². The van der Waals surface area contributed by atoms with Crippen LogP contribution in [-0.4, -0.2) is 20.7 Å². The van der Waals surface area contributed by atoms with Crippen molar-refractivity contribution in [2.24, 2.45) is 5.84 Å². The highest BCUT2D eigenvalue weighted by atomic mass is 16.3. The van der Waals surface area contributed by atoms with Gasteiger partial charge < -0.3 is 4.42 Å². The molecule has 0 saturated carbocycles. The van der Waals surface area contributed by atoms with Gasteiger partial charge in [0.2, 0.25) is 0 Å². The number of carbonyl (C=O) groups excluding carboxylic acids is 1. The first-order valence-corrected chi connectivity index (χ1v) is 4.21. The molecule has 0 aromatic carbocycles. The Morgan fingerprint density at radius 2 is 2.53 bits per heavy atom. The number of hydrogen-bond acceptors (Lipinski definition) is 5. The summed E-state index contributed by atoms with van der Waals surface area (Å²) in [6.07, 6.45) is 4.37. The van der Waals surface area contributed by atoms with Gasteiger partial charge in [0, 0.05) is 0 Å². The van der Waals surface area contributed by atoms with Crippen molar-refractivity contribution in [1.82, 2.24) is 20.2 Å². The summed E-state index contributed by atoms with van der Waals surface area (Å²) in [5, 5.41) is 3.90. The molecule has 7 nitrogen and oxygen atoms in total. The van der Waals surface area contributed by atoms with Gasteiger partial charge in [0.25, 0.3) is 5.91 Å². The Hall–Kier alpha value is -2.15. The third kappa shape index (κ3) is 1.86. The van der Waals surface area contributed by atoms with Gasteiger partial charge in [-0.1, -0.05) is 0 Å². The Balaban J connectivity index is 2.22. The lowest BCUT2D eigenvalue weighted by Crippen LogP contribution is -2.30. The Morgan fingerprint density at radius 3 is 3.20 bits per heavy atom. The van der Waals surface area contributed by atoms with Crippen LogP contribution in [0, 0.1) is 0 Å². The number of nitrogens with zero attached hydrogens (tertiary/aromatic N) is 3. The molecule has 0 aliphatic carbocycles. The molecule has 0 bridgehead atoms. The third-order valence-electron chi connectivity index (χ3n) is 1.89. The van der Waals surface area contributed by atoms with Crippen LogP contribution in [0.1, 0.15) is 16.1 Å². The number of amides is 1. The SMILES string of the molecule is NNC(=O)c1ccoc1Cn1cncn1. The van der Waals surface area contributed by atoms with E-state index in [0.29, 0.717) is 17.9 Å². The maximum Gasteiger partial charge on any atom is 0.268 e. The van der Waals surface area contributed by atoms with E-state index in [1.165, 1.54) is 18.9 Å². The smallest absolute Gasteiger partial charge is 0.268 e. The first-order valence-electron chi connectivity index (χ1n) is 4.21. The first-order chi connectivity index (χ1) is 7.31. The van der Waals surface area contributed by atoms with Crippen molar-refractivity contribution in [1.29, 1.82) is 0 Å². The maximum atomic E-state index is 11.3. The van der Waals surface area contributed by atoms with Crippen LogP contribution >= 0.6 is 0 Å². The Bertz CT molecular complexity index is 447. The normalized spacial score (nSPS) is 10.2. The highest BCUT2D eigenvalue weighted by Crippen LogP contribution is 2.11. The van der Waals surface area contributed by atoms with Crippen LogP contribution in [0.5, 0.6) is 0 Å². The van der Waals surface area contributed by atoms with Crippen molar-refractivity contribution in [3.63, 3.8) is 0 Å². The fraction of sp³-hybridized carbons (Fsp3) is 0.125. The number of nitrogens with two attached hydrogens (primary N) is 1. The summed E-state index contributed by atoms with van der Waals surface area (Å²) >= 11 is 0. The van der Waals surface area contributed by atoms with Crippen molar-refractivity contribution >= 4 is 5.91 Å². The summed E-state index contributed by atoms with van der Waals surface area (Å²) in [6.45, 7) is 0.343. The molecule has 7 heteroatoms. The molecule has 0 aliphatic rings. The second-order valence-corrected chi connectivity index (χ2v) is 2.82. The van der Waals surface area contributed by atoms with E-state index >= 15 is 0 Å². The number of hydrazine groups is 1. The van der Waals surface area contributed by atoms with Gasteiger partial charge in [-0.2, -0.15) is 5.10 Å². The van der Waals surface area contributed by atoms with E-state index in [1.807, 2.05) is 5.43 Å². The quantitative estimate of drug-likeness (QED) is 0.402. The molecular weight excluding hydrogens is 198 g/mol. The van der Waals surface area contributed by atoms with Gasteiger partial charge in [-0.25, -0.2) is 15.5 Å². The van der Waals surface area contributed by atoms with Crippen molar-refractivity contribution < 1.29 is 9.21 Å². The molecule has 0 spiro atoms. The zero-order chi connectivity index (χ0) is 10.7. The minimum absolute atomic E-state index is 0.343. The molecule has 2 rings (SSSR count). The van der Waals surface area contributed by atoms with Crippen molar-refractivity contribution in [3.8, 4) is 0 Å². The average Bonchev–Trinajstić information content (AvgIpc) is 2.88. The van der Waals surface area contributed by atoms with Gasteiger partial charge in [0.1, 0.15) is 25.0 Å². The lowest BCUT2D eigenvalue weighted by Gasteiger charge is -2.00. The number of rotatable bonds is 3. The van der Waals surface area contributed by atoms with Gasteiger partial charge in [-0.05, 0) is 6.07 Å². The maximum absolute atomic E-state index is 11.3. The molecule has 0 saturated heterocycles. The van der Waals surface area contributed by atoms with E-state index < -0.39 is 0 Å². The fourth-order valence-electron chi connectivity index (χ4n) is 1.20. The molecule has 2 heterocycles. The Labute approximate surface area is 84.9 Å². The van der Waals surface area contributed by atoms with Crippen molar-refractivity contribution in [2.45, 2.75) is 6.54 Å². The molecule has 2 aromatic rings. The first kappa shape index (κ1) is 9.41. The number of furan rings is 1. The minimum atomic E-state index is -0.390. The summed E-state index contributed by atoms with van der Waals surface area (Å²) in [6, 6.07) is 1.55. The number of nitrogens with one attached hydrogen (secondary N) is 1. The second kappa shape index (κ2) is 3.93. The molecule has 0 atom stereocenters. The summed E-state index contributed by atoms with van der Waals surface area (Å²) in [7, 11) is 0. The van der Waals surface area contributed by atoms with E-state index in [-0.39, 0.29) is 5.91 Å². The van der Waals surface area contributed by atoms with E-state index in [4.69, 9.17) is 10.3 Å². The summed E-state index contributed by atoms with van der Waals surface area (Å²) in [4.78, 5) is 15.1. The van der Waals surface area contributed by atoms with Crippen LogP contribution in [0.15, 0.2) is 29.4 Å². The van der Waals surface area contributed by atoms with Crippen LogP contribution in [-0.2, 0) is 6.54 Å².